The van der Waals surface area contributed by atoms with Crippen molar-refractivity contribution in [1.29, 1.82) is 0 Å². The predicted octanol–water partition coefficient (Wildman–Crippen LogP) is 2.25. The number of hydrogen-bond donors (Lipinski definition) is 0. The number of aromatic nitrogens is 2. The van der Waals surface area contributed by atoms with Gasteiger partial charge in [-0.25, -0.2) is 4.39 Å². The molecule has 0 bridgehead atoms. The predicted molar refractivity (Wildman–Crippen MR) is 82.7 cm³/mol. The summed E-state index contributed by atoms with van der Waals surface area (Å²) in [6.45, 7) is 1.29. The van der Waals surface area contributed by atoms with Crippen molar-refractivity contribution in [2.75, 3.05) is 35.7 Å². The number of anilines is 2. The van der Waals surface area contributed by atoms with Crippen LogP contribution in [0.2, 0.25) is 0 Å². The van der Waals surface area contributed by atoms with Gasteiger partial charge in [0.15, 0.2) is 4.34 Å². The van der Waals surface area contributed by atoms with E-state index in [1.54, 1.807) is 16.5 Å². The molecule has 1 amide bonds. The second-order valence-corrected chi connectivity index (χ2v) is 6.65. The van der Waals surface area contributed by atoms with Crippen LogP contribution in [0.25, 0.3) is 0 Å². The van der Waals surface area contributed by atoms with Gasteiger partial charge in [0.25, 0.3) is 0 Å². The molecule has 0 atom stereocenters. The summed E-state index contributed by atoms with van der Waals surface area (Å²) < 4.78 is 14.3. The molecule has 8 heteroatoms. The number of likely N-dealkylation sites (N-methyl/N-ethyl adjacent to an activating group) is 1. The molecule has 2 heterocycles. The lowest BCUT2D eigenvalue weighted by molar-refractivity contribution is -0.116. The molecule has 3 rings (SSSR count). The van der Waals surface area contributed by atoms with Crippen LogP contribution in [0.5, 0.6) is 0 Å². The Kier molecular flexibility index (Phi) is 4.07. The topological polar surface area (TPSA) is 49.3 Å². The highest BCUT2D eigenvalue weighted by molar-refractivity contribution is 8.01. The molecule has 0 aliphatic carbocycles. The average molecular weight is 324 g/mol. The molecule has 0 saturated carbocycles. The lowest BCUT2D eigenvalue weighted by atomic mass is 10.1. The maximum absolute atomic E-state index is 13.5. The van der Waals surface area contributed by atoms with Crippen LogP contribution in [0.4, 0.5) is 15.8 Å². The Hall–Kier alpha value is -1.67. The molecule has 1 aliphatic heterocycles. The minimum absolute atomic E-state index is 0.0462. The fraction of sp³-hybridized carbons (Fsp3) is 0.308. The SMILES string of the molecule is CN1CCN(C(=O)CSc2nncs2)c2cc(F)ccc21. The van der Waals surface area contributed by atoms with Crippen molar-refractivity contribution in [2.24, 2.45) is 0 Å². The second kappa shape index (κ2) is 5.98. The van der Waals surface area contributed by atoms with Crippen molar-refractivity contribution < 1.29 is 9.18 Å². The van der Waals surface area contributed by atoms with Crippen molar-refractivity contribution >= 4 is 40.4 Å². The molecule has 5 nitrogen and oxygen atoms in total. The Bertz CT molecular complexity index is 650. The van der Waals surface area contributed by atoms with E-state index in [2.05, 4.69) is 10.2 Å². The van der Waals surface area contributed by atoms with Gasteiger partial charge in [-0.15, -0.1) is 10.2 Å². The summed E-state index contributed by atoms with van der Waals surface area (Å²) in [6, 6.07) is 4.54. The zero-order valence-corrected chi connectivity index (χ0v) is 13.0. The van der Waals surface area contributed by atoms with E-state index in [0.29, 0.717) is 12.2 Å². The number of benzene rings is 1. The lowest BCUT2D eigenvalue weighted by Crippen LogP contribution is -2.43. The summed E-state index contributed by atoms with van der Waals surface area (Å²) >= 11 is 2.76. The monoisotopic (exact) mass is 324 g/mol. The van der Waals surface area contributed by atoms with Crippen molar-refractivity contribution in [1.82, 2.24) is 10.2 Å². The standard InChI is InChI=1S/C13H13FN4OS2/c1-17-4-5-18(11-6-9(14)2-3-10(11)17)12(19)7-20-13-16-15-8-21-13/h2-3,6,8H,4-5,7H2,1H3. The highest BCUT2D eigenvalue weighted by Crippen LogP contribution is 2.33. The number of carbonyl (C=O) groups excluding carboxylic acids is 1. The van der Waals surface area contributed by atoms with Gasteiger partial charge in [-0.2, -0.15) is 0 Å². The Labute approximate surface area is 129 Å². The van der Waals surface area contributed by atoms with Gasteiger partial charge in [0.2, 0.25) is 5.91 Å². The summed E-state index contributed by atoms with van der Waals surface area (Å²) in [4.78, 5) is 16.1. The largest absolute Gasteiger partial charge is 0.371 e. The Morgan fingerprint density at radius 2 is 2.29 bits per heavy atom. The highest BCUT2D eigenvalue weighted by atomic mass is 32.2. The van der Waals surface area contributed by atoms with E-state index in [-0.39, 0.29) is 17.5 Å². The molecule has 0 spiro atoms. The van der Waals surface area contributed by atoms with Crippen LogP contribution < -0.4 is 9.80 Å². The first-order valence-corrected chi connectivity index (χ1v) is 8.21. The zero-order chi connectivity index (χ0) is 14.8. The number of halogens is 1. The number of carbonyl (C=O) groups is 1. The molecule has 1 aromatic heterocycles. The Morgan fingerprint density at radius 1 is 1.43 bits per heavy atom. The van der Waals surface area contributed by atoms with Gasteiger partial charge >= 0.3 is 0 Å². The first-order chi connectivity index (χ1) is 10.1. The molecular weight excluding hydrogens is 311 g/mol. The van der Waals surface area contributed by atoms with Gasteiger partial charge in [-0.05, 0) is 18.2 Å². The Balaban J connectivity index is 1.78. The van der Waals surface area contributed by atoms with Gasteiger partial charge < -0.3 is 9.80 Å². The number of rotatable bonds is 3. The van der Waals surface area contributed by atoms with Crippen LogP contribution in [0.1, 0.15) is 0 Å². The summed E-state index contributed by atoms with van der Waals surface area (Å²) in [5, 5.41) is 7.63. The molecule has 0 saturated heterocycles. The lowest BCUT2D eigenvalue weighted by Gasteiger charge is -2.35. The van der Waals surface area contributed by atoms with E-state index in [0.717, 1.165) is 16.6 Å². The zero-order valence-electron chi connectivity index (χ0n) is 11.3. The number of thioether (sulfide) groups is 1. The van der Waals surface area contributed by atoms with Gasteiger partial charge in [-0.1, -0.05) is 23.1 Å². The van der Waals surface area contributed by atoms with Gasteiger partial charge in [0.05, 0.1) is 17.1 Å². The molecular formula is C13H13FN4OS2. The normalized spacial score (nSPS) is 14.2. The van der Waals surface area contributed by atoms with Crippen LogP contribution in [-0.4, -0.2) is 42.0 Å². The smallest absolute Gasteiger partial charge is 0.237 e. The maximum Gasteiger partial charge on any atom is 0.237 e. The molecule has 0 radical (unpaired) electrons. The van der Waals surface area contributed by atoms with Crippen molar-refractivity contribution in [3.05, 3.63) is 29.5 Å². The van der Waals surface area contributed by atoms with E-state index in [1.807, 2.05) is 11.9 Å². The first kappa shape index (κ1) is 14.3. The molecule has 1 aliphatic rings. The number of hydrogen-bond acceptors (Lipinski definition) is 6. The third-order valence-electron chi connectivity index (χ3n) is 3.26. The van der Waals surface area contributed by atoms with E-state index in [1.165, 1.54) is 35.2 Å². The molecule has 21 heavy (non-hydrogen) atoms. The minimum atomic E-state index is -0.335. The van der Waals surface area contributed by atoms with E-state index >= 15 is 0 Å². The van der Waals surface area contributed by atoms with Gasteiger partial charge in [0, 0.05) is 20.1 Å². The van der Waals surface area contributed by atoms with Crippen LogP contribution in [0.15, 0.2) is 28.0 Å². The molecule has 0 fully saturated rings. The number of fused-ring (bicyclic) bond motifs is 1. The fourth-order valence-corrected chi connectivity index (χ4v) is 3.58. The number of nitrogens with zero attached hydrogens (tertiary/aromatic N) is 4. The van der Waals surface area contributed by atoms with Gasteiger partial charge in [0.1, 0.15) is 11.3 Å². The van der Waals surface area contributed by atoms with Gasteiger partial charge in [-0.3, -0.25) is 4.79 Å². The molecule has 0 N–H and O–H groups in total. The van der Waals surface area contributed by atoms with Crippen LogP contribution in [0, 0.1) is 5.82 Å². The minimum Gasteiger partial charge on any atom is -0.371 e. The van der Waals surface area contributed by atoms with Crippen LogP contribution in [0.3, 0.4) is 0 Å². The van der Waals surface area contributed by atoms with Crippen molar-refractivity contribution in [3.63, 3.8) is 0 Å². The summed E-state index contributed by atoms with van der Waals surface area (Å²) in [5.41, 5.74) is 3.14. The molecule has 0 unspecified atom stereocenters. The van der Waals surface area contributed by atoms with Crippen molar-refractivity contribution in [3.8, 4) is 0 Å². The Morgan fingerprint density at radius 3 is 3.05 bits per heavy atom. The molecule has 110 valence electrons. The van der Waals surface area contributed by atoms with Crippen LogP contribution >= 0.6 is 23.1 Å². The third kappa shape index (κ3) is 3.01. The van der Waals surface area contributed by atoms with E-state index < -0.39 is 0 Å². The number of amides is 1. The second-order valence-electron chi connectivity index (χ2n) is 4.59. The molecule has 1 aromatic carbocycles. The summed E-state index contributed by atoms with van der Waals surface area (Å²) in [7, 11) is 1.94. The highest BCUT2D eigenvalue weighted by Gasteiger charge is 2.25. The van der Waals surface area contributed by atoms with E-state index in [4.69, 9.17) is 0 Å². The molecule has 2 aromatic rings. The summed E-state index contributed by atoms with van der Waals surface area (Å²) in [6.07, 6.45) is 0. The maximum atomic E-state index is 13.5. The van der Waals surface area contributed by atoms with E-state index in [9.17, 15) is 9.18 Å². The third-order valence-corrected chi connectivity index (χ3v) is 5.10. The average Bonchev–Trinajstić information content (AvgIpc) is 2.98. The quantitative estimate of drug-likeness (QED) is 0.811. The van der Waals surface area contributed by atoms with Crippen LogP contribution in [-0.2, 0) is 4.79 Å². The first-order valence-electron chi connectivity index (χ1n) is 6.35. The van der Waals surface area contributed by atoms with Crippen molar-refractivity contribution in [2.45, 2.75) is 4.34 Å². The summed E-state index contributed by atoms with van der Waals surface area (Å²) in [5.74, 6) is -0.108. The fourth-order valence-electron chi connectivity index (χ4n) is 2.21.